The molecule has 3 aromatic rings. The minimum Gasteiger partial charge on any atom is -0.382 e. The smallest absolute Gasteiger partial charge is 0.382 e. The van der Waals surface area contributed by atoms with Gasteiger partial charge < -0.3 is 5.11 Å². The lowest BCUT2D eigenvalue weighted by Crippen LogP contribution is -2.31. The predicted octanol–water partition coefficient (Wildman–Crippen LogP) is 3.90. The van der Waals surface area contributed by atoms with Crippen molar-refractivity contribution in [2.75, 3.05) is 5.32 Å². The summed E-state index contributed by atoms with van der Waals surface area (Å²) < 4.78 is 40.7. The van der Waals surface area contributed by atoms with Gasteiger partial charge in [-0.3, -0.25) is 14.7 Å². The van der Waals surface area contributed by atoms with E-state index in [1.165, 1.54) is 35.1 Å². The van der Waals surface area contributed by atoms with Crippen molar-refractivity contribution in [2.24, 2.45) is 0 Å². The van der Waals surface area contributed by atoms with E-state index in [0.717, 1.165) is 6.07 Å². The molecule has 0 spiro atoms. The summed E-state index contributed by atoms with van der Waals surface area (Å²) in [5.41, 5.74) is -3.02. The number of carbonyl (C=O) groups excluding carboxylic acids is 1. The van der Waals surface area contributed by atoms with Crippen LogP contribution >= 0.6 is 11.3 Å². The minimum absolute atomic E-state index is 0.00862. The SMILES string of the molecule is CC(C)(C)n1c(NC(=O)C[C@](C)(O)c2nccs2)nc2ccc(C(F)(F)F)nc21. The van der Waals surface area contributed by atoms with Gasteiger partial charge in [0.25, 0.3) is 0 Å². The number of nitrogens with zero attached hydrogens (tertiary/aromatic N) is 4. The maximum absolute atomic E-state index is 13.1. The number of hydrogen-bond acceptors (Lipinski definition) is 6. The van der Waals surface area contributed by atoms with Crippen molar-refractivity contribution in [3.63, 3.8) is 0 Å². The van der Waals surface area contributed by atoms with Crippen molar-refractivity contribution >= 4 is 34.4 Å². The van der Waals surface area contributed by atoms with Gasteiger partial charge >= 0.3 is 6.18 Å². The molecule has 0 saturated carbocycles. The number of anilines is 1. The molecular formula is C18H20F3N5O2S. The van der Waals surface area contributed by atoms with Gasteiger partial charge in [0.15, 0.2) is 5.65 Å². The molecule has 3 aromatic heterocycles. The number of pyridine rings is 1. The molecule has 2 N–H and O–H groups in total. The average Bonchev–Trinajstić information content (AvgIpc) is 3.19. The summed E-state index contributed by atoms with van der Waals surface area (Å²) >= 11 is 1.21. The Hall–Kier alpha value is -2.53. The third-order valence-corrected chi connectivity index (χ3v) is 5.14. The van der Waals surface area contributed by atoms with Gasteiger partial charge in [0.1, 0.15) is 21.8 Å². The van der Waals surface area contributed by atoms with E-state index in [1.54, 1.807) is 26.2 Å². The predicted molar refractivity (Wildman–Crippen MR) is 102 cm³/mol. The zero-order valence-electron chi connectivity index (χ0n) is 16.2. The normalized spacial score (nSPS) is 14.8. The average molecular weight is 427 g/mol. The van der Waals surface area contributed by atoms with Crippen LogP contribution in [-0.2, 0) is 22.1 Å². The van der Waals surface area contributed by atoms with Crippen LogP contribution in [0.3, 0.4) is 0 Å². The number of amides is 1. The van der Waals surface area contributed by atoms with Gasteiger partial charge in [-0.2, -0.15) is 13.2 Å². The van der Waals surface area contributed by atoms with Crippen LogP contribution in [0.4, 0.5) is 19.1 Å². The van der Waals surface area contributed by atoms with Crippen LogP contribution in [0.2, 0.25) is 0 Å². The second-order valence-electron chi connectivity index (χ2n) is 7.81. The lowest BCUT2D eigenvalue weighted by Gasteiger charge is -2.25. The summed E-state index contributed by atoms with van der Waals surface area (Å²) in [5.74, 6) is -0.499. The van der Waals surface area contributed by atoms with Crippen molar-refractivity contribution < 1.29 is 23.1 Å². The molecule has 0 unspecified atom stereocenters. The van der Waals surface area contributed by atoms with Crippen molar-refractivity contribution in [1.29, 1.82) is 0 Å². The minimum atomic E-state index is -4.60. The number of hydrogen-bond donors (Lipinski definition) is 2. The highest BCUT2D eigenvalue weighted by Gasteiger charge is 2.35. The molecular weight excluding hydrogens is 407 g/mol. The highest BCUT2D eigenvalue weighted by Crippen LogP contribution is 2.33. The first-order valence-corrected chi connectivity index (χ1v) is 9.56. The first kappa shape index (κ1) is 21.2. The fourth-order valence-corrected chi connectivity index (χ4v) is 3.58. The Morgan fingerprint density at radius 1 is 1.21 bits per heavy atom. The van der Waals surface area contributed by atoms with E-state index in [-0.39, 0.29) is 23.5 Å². The Labute approximate surface area is 168 Å². The van der Waals surface area contributed by atoms with Crippen molar-refractivity contribution in [2.45, 2.75) is 51.4 Å². The van der Waals surface area contributed by atoms with Crippen LogP contribution in [0.5, 0.6) is 0 Å². The Morgan fingerprint density at radius 2 is 1.90 bits per heavy atom. The number of thiazole rings is 1. The number of carbonyl (C=O) groups is 1. The van der Waals surface area contributed by atoms with Crippen molar-refractivity contribution in [1.82, 2.24) is 19.5 Å². The van der Waals surface area contributed by atoms with Gasteiger partial charge in [-0.1, -0.05) is 0 Å². The van der Waals surface area contributed by atoms with E-state index in [2.05, 4.69) is 20.3 Å². The number of alkyl halides is 3. The number of fused-ring (bicyclic) bond motifs is 1. The van der Waals surface area contributed by atoms with E-state index >= 15 is 0 Å². The lowest BCUT2D eigenvalue weighted by atomic mass is 10.0. The van der Waals surface area contributed by atoms with Crippen LogP contribution in [0.25, 0.3) is 11.2 Å². The molecule has 0 aliphatic carbocycles. The molecule has 7 nitrogen and oxygen atoms in total. The van der Waals surface area contributed by atoms with Crippen molar-refractivity contribution in [3.8, 4) is 0 Å². The van der Waals surface area contributed by atoms with Gasteiger partial charge in [-0.25, -0.2) is 15.0 Å². The molecule has 0 aliphatic rings. The topological polar surface area (TPSA) is 92.9 Å². The monoisotopic (exact) mass is 427 g/mol. The molecule has 1 atom stereocenters. The number of aromatic nitrogens is 4. The first-order valence-electron chi connectivity index (χ1n) is 8.68. The van der Waals surface area contributed by atoms with Crippen LogP contribution in [0.1, 0.15) is 44.8 Å². The van der Waals surface area contributed by atoms with Crippen LogP contribution in [0, 0.1) is 0 Å². The zero-order chi connectivity index (χ0) is 21.6. The molecule has 0 aliphatic heterocycles. The molecule has 3 rings (SSSR count). The molecule has 11 heteroatoms. The van der Waals surface area contributed by atoms with E-state index in [4.69, 9.17) is 0 Å². The number of halogens is 3. The van der Waals surface area contributed by atoms with E-state index in [9.17, 15) is 23.1 Å². The maximum Gasteiger partial charge on any atom is 0.433 e. The van der Waals surface area contributed by atoms with E-state index in [1.807, 2.05) is 0 Å². The number of nitrogens with one attached hydrogen (secondary N) is 1. The Balaban J connectivity index is 1.97. The summed E-state index contributed by atoms with van der Waals surface area (Å²) in [7, 11) is 0. The highest BCUT2D eigenvalue weighted by molar-refractivity contribution is 7.09. The standard InChI is InChI=1S/C18H20F3N5O2S/c1-16(2,3)26-13-10(5-6-11(24-13)18(19,20)21)23-15(26)25-12(27)9-17(4,28)14-22-7-8-29-14/h5-8,28H,9H2,1-4H3,(H,23,25,27)/t17-/m0/s1. The van der Waals surface area contributed by atoms with E-state index in [0.29, 0.717) is 5.01 Å². The molecule has 3 heterocycles. The molecule has 0 aromatic carbocycles. The molecule has 156 valence electrons. The quantitative estimate of drug-likeness (QED) is 0.659. The summed E-state index contributed by atoms with van der Waals surface area (Å²) in [5, 5.41) is 15.2. The first-order chi connectivity index (χ1) is 13.3. The van der Waals surface area contributed by atoms with E-state index < -0.39 is 28.9 Å². The zero-order valence-corrected chi connectivity index (χ0v) is 17.0. The fraction of sp³-hybridized carbons (Fsp3) is 0.444. The molecule has 29 heavy (non-hydrogen) atoms. The summed E-state index contributed by atoms with van der Waals surface area (Å²) in [6, 6.07) is 2.07. The fourth-order valence-electron chi connectivity index (χ4n) is 2.88. The van der Waals surface area contributed by atoms with Gasteiger partial charge in [0, 0.05) is 17.1 Å². The molecule has 0 radical (unpaired) electrons. The Bertz CT molecular complexity index is 1040. The summed E-state index contributed by atoms with van der Waals surface area (Å²) in [6.45, 7) is 6.75. The maximum atomic E-state index is 13.1. The largest absolute Gasteiger partial charge is 0.433 e. The van der Waals surface area contributed by atoms with Crippen LogP contribution in [0.15, 0.2) is 23.7 Å². The molecule has 0 saturated heterocycles. The lowest BCUT2D eigenvalue weighted by molar-refractivity contribution is -0.141. The Morgan fingerprint density at radius 3 is 2.45 bits per heavy atom. The van der Waals surface area contributed by atoms with Gasteiger partial charge in [0.2, 0.25) is 11.9 Å². The van der Waals surface area contributed by atoms with Crippen LogP contribution < -0.4 is 5.32 Å². The summed E-state index contributed by atoms with van der Waals surface area (Å²) in [6.07, 6.45) is -3.37. The third-order valence-electron chi connectivity index (χ3n) is 4.11. The van der Waals surface area contributed by atoms with Gasteiger partial charge in [-0.05, 0) is 39.8 Å². The Kier molecular flexibility index (Phi) is 5.16. The highest BCUT2D eigenvalue weighted by atomic mass is 32.1. The molecule has 0 bridgehead atoms. The van der Waals surface area contributed by atoms with Crippen LogP contribution in [-0.4, -0.2) is 30.5 Å². The van der Waals surface area contributed by atoms with Gasteiger partial charge in [0.05, 0.1) is 6.42 Å². The van der Waals surface area contributed by atoms with Gasteiger partial charge in [-0.15, -0.1) is 11.3 Å². The number of imidazole rings is 1. The number of rotatable bonds is 4. The second kappa shape index (κ2) is 7.06. The second-order valence-corrected chi connectivity index (χ2v) is 8.71. The molecule has 1 amide bonds. The van der Waals surface area contributed by atoms with Crippen molar-refractivity contribution in [3.05, 3.63) is 34.4 Å². The number of aliphatic hydroxyl groups is 1. The molecule has 0 fully saturated rings. The third kappa shape index (κ3) is 4.40. The summed E-state index contributed by atoms with van der Waals surface area (Å²) in [4.78, 5) is 24.5.